The summed E-state index contributed by atoms with van der Waals surface area (Å²) in [5, 5.41) is 12.8. The van der Waals surface area contributed by atoms with E-state index in [1.165, 1.54) is 43.2 Å². The number of nitrogens with zero attached hydrogens (tertiary/aromatic N) is 3. The summed E-state index contributed by atoms with van der Waals surface area (Å²) in [6, 6.07) is 4.06. The van der Waals surface area contributed by atoms with Crippen molar-refractivity contribution in [2.75, 3.05) is 4.72 Å². The Bertz CT molecular complexity index is 766. The number of hydrogen-bond donors (Lipinski definition) is 2. The molecule has 1 heterocycles. The smallest absolute Gasteiger partial charge is 0.335 e. The van der Waals surface area contributed by atoms with E-state index in [9.17, 15) is 13.2 Å². The van der Waals surface area contributed by atoms with Gasteiger partial charge in [-0.1, -0.05) is 6.07 Å². The third kappa shape index (κ3) is 2.48. The number of carbonyl (C=O) groups is 1. The number of aromatic nitrogens is 3. The van der Waals surface area contributed by atoms with Gasteiger partial charge in [-0.25, -0.2) is 22.6 Å². The lowest BCUT2D eigenvalue weighted by molar-refractivity contribution is 0.0696. The summed E-state index contributed by atoms with van der Waals surface area (Å²) in [4.78, 5) is 14.7. The summed E-state index contributed by atoms with van der Waals surface area (Å²) < 4.78 is 28.0. The van der Waals surface area contributed by atoms with Crippen LogP contribution in [0.25, 0.3) is 0 Å². The van der Waals surface area contributed by atoms with E-state index >= 15 is 0 Å². The monoisotopic (exact) mass is 296 g/mol. The summed E-state index contributed by atoms with van der Waals surface area (Å²) in [5.41, 5.74) is 0.0977. The normalized spacial score (nSPS) is 11.3. The lowest BCUT2D eigenvalue weighted by Crippen LogP contribution is -2.18. The molecule has 0 atom stereocenters. The molecule has 0 aliphatic rings. The first-order valence-electron chi connectivity index (χ1n) is 5.52. The number of carboxylic acid groups (broad SMARTS) is 1. The maximum atomic E-state index is 12.3. The van der Waals surface area contributed by atoms with Crippen LogP contribution in [-0.2, 0) is 17.1 Å². The summed E-state index contributed by atoms with van der Waals surface area (Å²) in [6.07, 6.45) is 1.21. The fraction of sp³-hybridized carbons (Fsp3) is 0.182. The van der Waals surface area contributed by atoms with Gasteiger partial charge in [-0.3, -0.25) is 0 Å². The Balaban J connectivity index is 2.48. The van der Waals surface area contributed by atoms with Gasteiger partial charge in [0, 0.05) is 7.05 Å². The molecule has 0 spiro atoms. The summed E-state index contributed by atoms with van der Waals surface area (Å²) >= 11 is 0. The molecule has 0 aliphatic heterocycles. The van der Waals surface area contributed by atoms with Gasteiger partial charge in [0.25, 0.3) is 10.0 Å². The van der Waals surface area contributed by atoms with Crippen molar-refractivity contribution < 1.29 is 18.3 Å². The molecule has 9 heteroatoms. The van der Waals surface area contributed by atoms with Gasteiger partial charge in [0.05, 0.1) is 10.5 Å². The Morgan fingerprint density at radius 2 is 2.10 bits per heavy atom. The van der Waals surface area contributed by atoms with Crippen molar-refractivity contribution in [3.8, 4) is 0 Å². The predicted octanol–water partition coefficient (Wildman–Crippen LogP) is 0.623. The molecule has 0 aliphatic carbocycles. The van der Waals surface area contributed by atoms with Crippen molar-refractivity contribution >= 4 is 21.9 Å². The fourth-order valence-corrected chi connectivity index (χ4v) is 3.01. The zero-order chi connectivity index (χ0) is 14.9. The minimum absolute atomic E-state index is 0.0464. The molecular weight excluding hydrogens is 284 g/mol. The molecule has 0 saturated heterocycles. The van der Waals surface area contributed by atoms with E-state index in [4.69, 9.17) is 5.11 Å². The summed E-state index contributed by atoms with van der Waals surface area (Å²) in [6.45, 7) is 1.44. The first-order chi connectivity index (χ1) is 9.33. The molecule has 0 unspecified atom stereocenters. The van der Waals surface area contributed by atoms with E-state index in [1.54, 1.807) is 0 Å². The molecule has 1 aromatic heterocycles. The van der Waals surface area contributed by atoms with Crippen molar-refractivity contribution in [1.82, 2.24) is 14.8 Å². The van der Waals surface area contributed by atoms with Crippen molar-refractivity contribution in [1.29, 1.82) is 0 Å². The minimum Gasteiger partial charge on any atom is -0.478 e. The van der Waals surface area contributed by atoms with E-state index in [-0.39, 0.29) is 22.0 Å². The molecule has 0 saturated carbocycles. The van der Waals surface area contributed by atoms with E-state index in [0.29, 0.717) is 0 Å². The molecule has 2 rings (SSSR count). The second kappa shape index (κ2) is 4.93. The number of benzene rings is 1. The maximum absolute atomic E-state index is 12.3. The summed E-state index contributed by atoms with van der Waals surface area (Å²) in [7, 11) is -2.40. The number of carboxylic acids is 1. The molecule has 0 radical (unpaired) electrons. The van der Waals surface area contributed by atoms with Gasteiger partial charge < -0.3 is 5.11 Å². The van der Waals surface area contributed by atoms with E-state index in [2.05, 4.69) is 14.8 Å². The number of anilines is 1. The van der Waals surface area contributed by atoms with E-state index < -0.39 is 16.0 Å². The molecule has 0 fully saturated rings. The number of nitrogens with one attached hydrogen (secondary N) is 1. The zero-order valence-electron chi connectivity index (χ0n) is 10.7. The number of hydrogen-bond acceptors (Lipinski definition) is 5. The Labute approximate surface area is 115 Å². The number of aryl methyl sites for hydroxylation is 1. The van der Waals surface area contributed by atoms with E-state index in [1.807, 2.05) is 0 Å². The highest BCUT2D eigenvalue weighted by Gasteiger charge is 2.22. The second-order valence-corrected chi connectivity index (χ2v) is 5.70. The predicted molar refractivity (Wildman–Crippen MR) is 69.9 cm³/mol. The Kier molecular flexibility index (Phi) is 3.45. The third-order valence-electron chi connectivity index (χ3n) is 2.74. The zero-order valence-corrected chi connectivity index (χ0v) is 11.5. The quantitative estimate of drug-likeness (QED) is 0.855. The average molecular weight is 296 g/mol. The van der Waals surface area contributed by atoms with Gasteiger partial charge >= 0.3 is 5.97 Å². The van der Waals surface area contributed by atoms with Crippen LogP contribution >= 0.6 is 0 Å². The minimum atomic E-state index is -3.93. The van der Waals surface area contributed by atoms with Crippen molar-refractivity contribution in [2.24, 2.45) is 7.05 Å². The van der Waals surface area contributed by atoms with Crippen molar-refractivity contribution in [2.45, 2.75) is 11.8 Å². The molecular formula is C11H12N4O4S. The van der Waals surface area contributed by atoms with Crippen LogP contribution in [0, 0.1) is 6.92 Å². The number of sulfonamides is 1. The number of rotatable bonds is 4. The van der Waals surface area contributed by atoms with Gasteiger partial charge in [-0.2, -0.15) is 10.1 Å². The van der Waals surface area contributed by atoms with Crippen LogP contribution in [0.1, 0.15) is 15.9 Å². The third-order valence-corrected chi connectivity index (χ3v) is 4.21. The average Bonchev–Trinajstić information content (AvgIpc) is 2.74. The fourth-order valence-electron chi connectivity index (χ4n) is 1.70. The molecule has 0 bridgehead atoms. The van der Waals surface area contributed by atoms with Gasteiger partial charge in [0.2, 0.25) is 5.95 Å². The summed E-state index contributed by atoms with van der Waals surface area (Å²) in [5.74, 6) is -1.14. The lowest BCUT2D eigenvalue weighted by Gasteiger charge is -2.10. The highest BCUT2D eigenvalue weighted by atomic mass is 32.2. The molecule has 1 aromatic carbocycles. The lowest BCUT2D eigenvalue weighted by atomic mass is 10.1. The topological polar surface area (TPSA) is 114 Å². The van der Waals surface area contributed by atoms with Crippen LogP contribution in [0.15, 0.2) is 29.4 Å². The van der Waals surface area contributed by atoms with Crippen LogP contribution in [0.4, 0.5) is 5.95 Å². The second-order valence-electron chi connectivity index (χ2n) is 4.05. The largest absolute Gasteiger partial charge is 0.478 e. The molecule has 106 valence electrons. The maximum Gasteiger partial charge on any atom is 0.335 e. The van der Waals surface area contributed by atoms with E-state index in [0.717, 1.165) is 0 Å². The molecule has 8 nitrogen and oxygen atoms in total. The highest BCUT2D eigenvalue weighted by Crippen LogP contribution is 2.21. The SMILES string of the molecule is Cc1c(C(=O)O)cccc1S(=O)(=O)Nc1ncnn1C. The van der Waals surface area contributed by atoms with Crippen LogP contribution in [0.3, 0.4) is 0 Å². The first-order valence-corrected chi connectivity index (χ1v) is 7.01. The standard InChI is InChI=1S/C11H12N4O4S/c1-7-8(10(16)17)4-3-5-9(7)20(18,19)14-11-12-6-13-15(11)2/h3-6H,1-2H3,(H,16,17)(H,12,13,14). The van der Waals surface area contributed by atoms with Crippen LogP contribution in [-0.4, -0.2) is 34.3 Å². The van der Waals surface area contributed by atoms with Crippen LogP contribution < -0.4 is 4.72 Å². The molecule has 0 amide bonds. The molecule has 20 heavy (non-hydrogen) atoms. The Morgan fingerprint density at radius 1 is 1.40 bits per heavy atom. The molecule has 2 N–H and O–H groups in total. The van der Waals surface area contributed by atoms with Gasteiger partial charge in [0.1, 0.15) is 6.33 Å². The first kappa shape index (κ1) is 14.0. The Hall–Kier alpha value is -2.42. The van der Waals surface area contributed by atoms with Gasteiger partial charge in [-0.05, 0) is 24.6 Å². The number of aromatic carboxylic acids is 1. The van der Waals surface area contributed by atoms with Gasteiger partial charge in [-0.15, -0.1) is 0 Å². The van der Waals surface area contributed by atoms with Crippen molar-refractivity contribution in [3.05, 3.63) is 35.7 Å². The Morgan fingerprint density at radius 3 is 2.65 bits per heavy atom. The van der Waals surface area contributed by atoms with Crippen molar-refractivity contribution in [3.63, 3.8) is 0 Å². The highest BCUT2D eigenvalue weighted by molar-refractivity contribution is 7.92. The van der Waals surface area contributed by atoms with Crippen LogP contribution in [0.5, 0.6) is 0 Å². The van der Waals surface area contributed by atoms with Gasteiger partial charge in [0.15, 0.2) is 0 Å². The van der Waals surface area contributed by atoms with Crippen LogP contribution in [0.2, 0.25) is 0 Å². The molecule has 2 aromatic rings.